The molecule has 7 aromatic carbocycles. The normalized spacial score (nSPS) is 12.6. The Hall–Kier alpha value is -6.49. The maximum atomic E-state index is 12.5. The number of fused-ring (bicyclic) bond motifs is 11. The van der Waals surface area contributed by atoms with E-state index in [2.05, 4.69) is 86.3 Å². The smallest absolute Gasteiger partial charge is 0.197 e. The molecular formula is C50H34N3O3Pt-. The largest absolute Gasteiger partial charge is 0.504 e. The Balaban J connectivity index is 0.00000396. The van der Waals surface area contributed by atoms with Crippen LogP contribution in [-0.2, 0) is 26.5 Å². The number of hydrogen-bond acceptors (Lipinski definition) is 6. The minimum atomic E-state index is -0.164. The van der Waals surface area contributed by atoms with Crippen molar-refractivity contribution in [2.75, 3.05) is 4.90 Å². The summed E-state index contributed by atoms with van der Waals surface area (Å²) in [5.41, 5.74) is 9.52. The first-order valence-electron chi connectivity index (χ1n) is 18.8. The second-order valence-electron chi connectivity index (χ2n) is 15.5. The van der Waals surface area contributed by atoms with Crippen LogP contribution in [0.1, 0.15) is 26.3 Å². The Kier molecular flexibility index (Phi) is 8.00. The summed E-state index contributed by atoms with van der Waals surface area (Å²) in [4.78, 5) is 12.4. The molecule has 0 bridgehead atoms. The Labute approximate surface area is 344 Å². The molecule has 4 heterocycles. The van der Waals surface area contributed by atoms with E-state index in [4.69, 9.17) is 19.4 Å². The number of para-hydroxylation sites is 4. The quantitative estimate of drug-likeness (QED) is 0.141. The maximum Gasteiger partial charge on any atom is 0.197 e. The van der Waals surface area contributed by atoms with Crippen LogP contribution in [0.25, 0.3) is 66.1 Å². The van der Waals surface area contributed by atoms with Crippen LogP contribution >= 0.6 is 0 Å². The molecule has 57 heavy (non-hydrogen) atoms. The van der Waals surface area contributed by atoms with Gasteiger partial charge in [-0.1, -0.05) is 129 Å². The number of nitrogens with zero attached hydrogens (tertiary/aromatic N) is 3. The van der Waals surface area contributed by atoms with Crippen LogP contribution in [0.3, 0.4) is 0 Å². The SMILES string of the molecule is CC(C)(C)c1cc(-c2cc(-c3ccccc3)ccn2)[c-]c(-c2ccc3c4ccccc4c4c5c6c(c(O)c4c3n2)Oc2ccccc2N6c2ccccc2O5)c1.[Pt]. The van der Waals surface area contributed by atoms with Crippen molar-refractivity contribution in [1.82, 2.24) is 9.97 Å². The summed E-state index contributed by atoms with van der Waals surface area (Å²) in [7, 11) is 0. The van der Waals surface area contributed by atoms with E-state index in [0.717, 1.165) is 72.1 Å². The summed E-state index contributed by atoms with van der Waals surface area (Å²) in [5.74, 6) is 2.31. The number of anilines is 3. The van der Waals surface area contributed by atoms with Crippen LogP contribution in [0.5, 0.6) is 28.7 Å². The Bertz CT molecular complexity index is 3090. The molecule has 0 spiro atoms. The zero-order valence-corrected chi connectivity index (χ0v) is 33.6. The molecule has 0 amide bonds. The molecule has 0 saturated carbocycles. The van der Waals surface area contributed by atoms with Gasteiger partial charge in [-0.2, -0.15) is 0 Å². The first-order valence-corrected chi connectivity index (χ1v) is 18.8. The third-order valence-corrected chi connectivity index (χ3v) is 11.0. The summed E-state index contributed by atoms with van der Waals surface area (Å²) in [6.45, 7) is 6.64. The van der Waals surface area contributed by atoms with Gasteiger partial charge in [-0.25, -0.2) is 0 Å². The zero-order valence-electron chi connectivity index (χ0n) is 31.3. The Morgan fingerprint density at radius 2 is 1.23 bits per heavy atom. The molecule has 2 aromatic heterocycles. The van der Waals surface area contributed by atoms with Gasteiger partial charge in [-0.05, 0) is 57.6 Å². The molecule has 2 aliphatic heterocycles. The molecule has 1 N–H and O–H groups in total. The molecule has 0 atom stereocenters. The molecule has 11 rings (SSSR count). The van der Waals surface area contributed by atoms with E-state index in [9.17, 15) is 5.11 Å². The number of hydrogen-bond donors (Lipinski definition) is 1. The van der Waals surface area contributed by atoms with E-state index in [0.29, 0.717) is 39.6 Å². The second-order valence-corrected chi connectivity index (χ2v) is 15.5. The van der Waals surface area contributed by atoms with Crippen LogP contribution < -0.4 is 14.4 Å². The molecule has 278 valence electrons. The van der Waals surface area contributed by atoms with Crippen molar-refractivity contribution in [1.29, 1.82) is 0 Å². The van der Waals surface area contributed by atoms with Crippen LogP contribution in [-0.4, -0.2) is 15.1 Å². The molecule has 9 aromatic rings. The summed E-state index contributed by atoms with van der Waals surface area (Å²) in [6.07, 6.45) is 1.86. The minimum absolute atomic E-state index is 0. The average Bonchev–Trinajstić information content (AvgIpc) is 3.24. The topological polar surface area (TPSA) is 67.7 Å². The predicted molar refractivity (Wildman–Crippen MR) is 225 cm³/mol. The minimum Gasteiger partial charge on any atom is -0.504 e. The van der Waals surface area contributed by atoms with Crippen molar-refractivity contribution in [2.24, 2.45) is 0 Å². The van der Waals surface area contributed by atoms with Gasteiger partial charge >= 0.3 is 0 Å². The molecule has 0 fully saturated rings. The molecular weight excluding hydrogens is 886 g/mol. The Morgan fingerprint density at radius 3 is 1.95 bits per heavy atom. The standard InChI is InChI=1S/C50H34N3O3.Pt/c1-50(2,3)33-26-31(25-32(27-33)38-28-30(23-24-51-38)29-13-5-4-6-14-29)37-22-21-36-34-15-7-8-16-35(34)43-44(45(36)52-37)47(54)49-46-48(43)55-41-19-11-9-17-39(41)53(46)40-18-10-12-20-42(40)56-49;/h4-24,26-28,54H,1-3H3;/q-1;. The summed E-state index contributed by atoms with van der Waals surface area (Å²) in [6, 6.07) is 50.8. The fourth-order valence-corrected chi connectivity index (χ4v) is 8.23. The van der Waals surface area contributed by atoms with Gasteiger partial charge in [0, 0.05) is 49.4 Å². The van der Waals surface area contributed by atoms with E-state index in [1.807, 2.05) is 91.1 Å². The monoisotopic (exact) mass is 919 g/mol. The van der Waals surface area contributed by atoms with Gasteiger partial charge in [0.25, 0.3) is 0 Å². The number of aromatic nitrogens is 2. The van der Waals surface area contributed by atoms with Gasteiger partial charge in [0.1, 0.15) is 5.69 Å². The van der Waals surface area contributed by atoms with Crippen molar-refractivity contribution in [2.45, 2.75) is 26.2 Å². The number of aromatic hydroxyl groups is 1. The van der Waals surface area contributed by atoms with Gasteiger partial charge in [0.05, 0.1) is 22.3 Å². The molecule has 2 aliphatic rings. The van der Waals surface area contributed by atoms with Gasteiger partial charge < -0.3 is 14.6 Å². The molecule has 0 saturated heterocycles. The number of pyridine rings is 2. The molecule has 0 radical (unpaired) electrons. The number of phenolic OH excluding ortho intramolecular Hbond substituents is 1. The third-order valence-electron chi connectivity index (χ3n) is 11.0. The summed E-state index contributed by atoms with van der Waals surface area (Å²) in [5, 5.41) is 16.8. The zero-order chi connectivity index (χ0) is 37.7. The molecule has 0 unspecified atom stereocenters. The second kappa shape index (κ2) is 13.0. The maximum absolute atomic E-state index is 12.5. The van der Waals surface area contributed by atoms with E-state index < -0.39 is 0 Å². The van der Waals surface area contributed by atoms with Crippen LogP contribution in [0.15, 0.2) is 146 Å². The number of ether oxygens (including phenoxy) is 2. The Morgan fingerprint density at radius 1 is 0.596 bits per heavy atom. The number of benzene rings is 7. The summed E-state index contributed by atoms with van der Waals surface area (Å²) >= 11 is 0. The average molecular weight is 920 g/mol. The van der Waals surface area contributed by atoms with Crippen LogP contribution in [0.4, 0.5) is 17.1 Å². The number of phenols is 1. The van der Waals surface area contributed by atoms with Gasteiger partial charge in [0.15, 0.2) is 28.7 Å². The molecule has 0 aliphatic carbocycles. The van der Waals surface area contributed by atoms with Gasteiger partial charge in [-0.3, -0.25) is 14.9 Å². The van der Waals surface area contributed by atoms with Gasteiger partial charge in [0.2, 0.25) is 0 Å². The third kappa shape index (κ3) is 5.43. The van der Waals surface area contributed by atoms with Crippen molar-refractivity contribution >= 4 is 49.5 Å². The van der Waals surface area contributed by atoms with Crippen molar-refractivity contribution in [3.8, 4) is 62.4 Å². The van der Waals surface area contributed by atoms with E-state index in [-0.39, 0.29) is 32.2 Å². The first-order chi connectivity index (χ1) is 27.3. The predicted octanol–water partition coefficient (Wildman–Crippen LogP) is 13.4. The van der Waals surface area contributed by atoms with E-state index in [1.165, 1.54) is 0 Å². The van der Waals surface area contributed by atoms with Crippen molar-refractivity contribution < 1.29 is 35.6 Å². The van der Waals surface area contributed by atoms with Crippen LogP contribution in [0.2, 0.25) is 0 Å². The fraction of sp³-hybridized carbons (Fsp3) is 0.0800. The summed E-state index contributed by atoms with van der Waals surface area (Å²) < 4.78 is 13.5. The van der Waals surface area contributed by atoms with Crippen LogP contribution in [0, 0.1) is 6.07 Å². The molecule has 6 nitrogen and oxygen atoms in total. The van der Waals surface area contributed by atoms with Crippen molar-refractivity contribution in [3.05, 3.63) is 157 Å². The van der Waals surface area contributed by atoms with Gasteiger partial charge in [-0.15, -0.1) is 23.8 Å². The van der Waals surface area contributed by atoms with Crippen molar-refractivity contribution in [3.63, 3.8) is 0 Å². The molecule has 7 heteroatoms. The van der Waals surface area contributed by atoms with E-state index >= 15 is 0 Å². The van der Waals surface area contributed by atoms with E-state index in [1.54, 1.807) is 0 Å². The first kappa shape index (κ1) is 35.0. The fourth-order valence-electron chi connectivity index (χ4n) is 8.23. The number of rotatable bonds is 3.